The molecule has 0 aliphatic rings. The lowest BCUT2D eigenvalue weighted by atomic mass is 10.1. The summed E-state index contributed by atoms with van der Waals surface area (Å²) in [6.45, 7) is 3.28. The first-order chi connectivity index (χ1) is 13.3. The van der Waals surface area contributed by atoms with Crippen molar-refractivity contribution in [2.24, 2.45) is 0 Å². The summed E-state index contributed by atoms with van der Waals surface area (Å²) in [6, 6.07) is 0. The molecule has 0 atom stereocenters. The topological polar surface area (TPSA) is 121 Å². The summed E-state index contributed by atoms with van der Waals surface area (Å²) in [5, 5.41) is 8.58. The first kappa shape index (κ1) is 26.6. The Balaban J connectivity index is 3.97. The SMILES string of the molecule is CCCCCCCCCCOCCCN(CCS(=O)(=O)O)C(=O)/C=C/C(=O)O. The molecule has 0 fully saturated rings. The molecule has 0 saturated heterocycles. The van der Waals surface area contributed by atoms with Crippen LogP contribution in [0.25, 0.3) is 0 Å². The fourth-order valence-corrected chi connectivity index (χ4v) is 3.05. The van der Waals surface area contributed by atoms with Gasteiger partial charge in [0.05, 0.1) is 5.75 Å². The molecule has 0 bridgehead atoms. The highest BCUT2D eigenvalue weighted by Crippen LogP contribution is 2.08. The number of aliphatic carboxylic acids is 1. The molecular formula is C19H35NO7S. The highest BCUT2D eigenvalue weighted by Gasteiger charge is 2.14. The van der Waals surface area contributed by atoms with Crippen LogP contribution in [0.4, 0.5) is 0 Å². The average Bonchev–Trinajstić information content (AvgIpc) is 2.62. The lowest BCUT2D eigenvalue weighted by Gasteiger charge is -2.20. The monoisotopic (exact) mass is 421 g/mol. The highest BCUT2D eigenvalue weighted by atomic mass is 32.2. The van der Waals surface area contributed by atoms with Gasteiger partial charge in [0.25, 0.3) is 10.1 Å². The van der Waals surface area contributed by atoms with Gasteiger partial charge in [-0.2, -0.15) is 8.42 Å². The van der Waals surface area contributed by atoms with E-state index in [-0.39, 0.29) is 13.1 Å². The van der Waals surface area contributed by atoms with Crippen molar-refractivity contribution in [2.75, 3.05) is 32.1 Å². The maximum absolute atomic E-state index is 12.0. The van der Waals surface area contributed by atoms with Crippen LogP contribution < -0.4 is 0 Å². The van der Waals surface area contributed by atoms with Crippen LogP contribution in [-0.2, 0) is 24.4 Å². The van der Waals surface area contributed by atoms with E-state index < -0.39 is 27.7 Å². The molecule has 0 saturated carbocycles. The van der Waals surface area contributed by atoms with Crippen LogP contribution in [0.1, 0.15) is 64.7 Å². The van der Waals surface area contributed by atoms with Crippen LogP contribution >= 0.6 is 0 Å². The van der Waals surface area contributed by atoms with E-state index >= 15 is 0 Å². The molecule has 8 nitrogen and oxygen atoms in total. The maximum Gasteiger partial charge on any atom is 0.328 e. The zero-order chi connectivity index (χ0) is 21.3. The fraction of sp³-hybridized carbons (Fsp3) is 0.789. The predicted molar refractivity (Wildman–Crippen MR) is 108 cm³/mol. The third-order valence-corrected chi connectivity index (χ3v) is 4.86. The molecule has 0 aliphatic heterocycles. The van der Waals surface area contributed by atoms with Gasteiger partial charge in [-0.3, -0.25) is 9.35 Å². The zero-order valence-corrected chi connectivity index (χ0v) is 17.7. The summed E-state index contributed by atoms with van der Waals surface area (Å²) in [5.74, 6) is -2.48. The molecule has 2 N–H and O–H groups in total. The lowest BCUT2D eigenvalue weighted by Crippen LogP contribution is -2.35. The van der Waals surface area contributed by atoms with Gasteiger partial charge in [0.15, 0.2) is 0 Å². The summed E-state index contributed by atoms with van der Waals surface area (Å²) in [7, 11) is -4.21. The Morgan fingerprint density at radius 3 is 2.04 bits per heavy atom. The van der Waals surface area contributed by atoms with Crippen LogP contribution in [0.2, 0.25) is 0 Å². The second-order valence-corrected chi connectivity index (χ2v) is 8.30. The molecule has 1 amide bonds. The Morgan fingerprint density at radius 1 is 0.893 bits per heavy atom. The van der Waals surface area contributed by atoms with Crippen molar-refractivity contribution in [3.63, 3.8) is 0 Å². The Hall–Kier alpha value is -1.45. The number of carboxylic acids is 1. The predicted octanol–water partition coefficient (Wildman–Crippen LogP) is 2.89. The van der Waals surface area contributed by atoms with Gasteiger partial charge in [-0.15, -0.1) is 0 Å². The minimum atomic E-state index is -4.21. The van der Waals surface area contributed by atoms with Gasteiger partial charge in [0.2, 0.25) is 5.91 Å². The third-order valence-electron chi connectivity index (χ3n) is 4.16. The van der Waals surface area contributed by atoms with E-state index in [1.54, 1.807) is 0 Å². The highest BCUT2D eigenvalue weighted by molar-refractivity contribution is 7.85. The molecule has 0 aromatic heterocycles. The second kappa shape index (κ2) is 16.5. The van der Waals surface area contributed by atoms with Crippen molar-refractivity contribution in [3.05, 3.63) is 12.2 Å². The van der Waals surface area contributed by atoms with E-state index in [0.29, 0.717) is 25.7 Å². The van der Waals surface area contributed by atoms with E-state index in [1.807, 2.05) is 0 Å². The van der Waals surface area contributed by atoms with E-state index in [1.165, 1.54) is 43.4 Å². The molecule has 164 valence electrons. The van der Waals surface area contributed by atoms with Crippen molar-refractivity contribution < 1.29 is 32.4 Å². The summed E-state index contributed by atoms with van der Waals surface area (Å²) >= 11 is 0. The molecule has 0 aliphatic carbocycles. The largest absolute Gasteiger partial charge is 0.478 e. The number of carbonyl (C=O) groups excluding carboxylic acids is 1. The number of hydrogen-bond donors (Lipinski definition) is 2. The van der Waals surface area contributed by atoms with Crippen molar-refractivity contribution in [1.29, 1.82) is 0 Å². The number of rotatable bonds is 18. The molecular weight excluding hydrogens is 386 g/mol. The standard InChI is InChI=1S/C19H35NO7S/c1-2-3-4-5-6-7-8-9-15-27-16-10-13-20(14-17-28(24,25)26)18(21)11-12-19(22)23/h11-12H,2-10,13-17H2,1H3,(H,22,23)(H,24,25,26)/b12-11+. The normalized spacial score (nSPS) is 11.8. The summed E-state index contributed by atoms with van der Waals surface area (Å²) in [5.41, 5.74) is 0. The fourth-order valence-electron chi connectivity index (χ4n) is 2.60. The van der Waals surface area contributed by atoms with Crippen LogP contribution in [0.15, 0.2) is 12.2 Å². The minimum Gasteiger partial charge on any atom is -0.478 e. The first-order valence-electron chi connectivity index (χ1n) is 9.99. The lowest BCUT2D eigenvalue weighted by molar-refractivity contribution is -0.132. The molecule has 0 heterocycles. The number of carbonyl (C=O) groups is 2. The van der Waals surface area contributed by atoms with Gasteiger partial charge in [-0.25, -0.2) is 4.79 Å². The maximum atomic E-state index is 12.0. The van der Waals surface area contributed by atoms with E-state index in [9.17, 15) is 18.0 Å². The minimum absolute atomic E-state index is 0.209. The van der Waals surface area contributed by atoms with E-state index in [2.05, 4.69) is 6.92 Å². The van der Waals surface area contributed by atoms with Crippen LogP contribution in [0.3, 0.4) is 0 Å². The Labute approximate surface area is 168 Å². The van der Waals surface area contributed by atoms with Crippen molar-refractivity contribution >= 4 is 22.0 Å². The Morgan fingerprint density at radius 2 is 1.46 bits per heavy atom. The van der Waals surface area contributed by atoms with E-state index in [4.69, 9.17) is 14.4 Å². The quantitative estimate of drug-likeness (QED) is 0.198. The molecule has 0 radical (unpaired) electrons. The molecule has 9 heteroatoms. The zero-order valence-electron chi connectivity index (χ0n) is 16.8. The van der Waals surface area contributed by atoms with Crippen molar-refractivity contribution in [3.8, 4) is 0 Å². The Bertz CT molecular complexity index is 561. The number of hydrogen-bond acceptors (Lipinski definition) is 5. The van der Waals surface area contributed by atoms with Gasteiger partial charge in [0, 0.05) is 38.5 Å². The van der Waals surface area contributed by atoms with Crippen LogP contribution in [-0.4, -0.2) is 66.9 Å². The van der Waals surface area contributed by atoms with Crippen molar-refractivity contribution in [1.82, 2.24) is 4.90 Å². The molecule has 0 aromatic carbocycles. The van der Waals surface area contributed by atoms with E-state index in [0.717, 1.165) is 18.9 Å². The van der Waals surface area contributed by atoms with Crippen LogP contribution in [0, 0.1) is 0 Å². The summed E-state index contributed by atoms with van der Waals surface area (Å²) < 4.78 is 36.1. The smallest absolute Gasteiger partial charge is 0.328 e. The van der Waals surface area contributed by atoms with Gasteiger partial charge >= 0.3 is 5.97 Å². The first-order valence-corrected chi connectivity index (χ1v) is 11.6. The van der Waals surface area contributed by atoms with Crippen LogP contribution in [0.5, 0.6) is 0 Å². The Kier molecular flexibility index (Phi) is 15.6. The summed E-state index contributed by atoms with van der Waals surface area (Å²) in [6.07, 6.45) is 11.8. The number of nitrogens with zero attached hydrogens (tertiary/aromatic N) is 1. The molecule has 28 heavy (non-hydrogen) atoms. The molecule has 0 rings (SSSR count). The number of carboxylic acid groups (broad SMARTS) is 1. The van der Waals surface area contributed by atoms with Gasteiger partial charge < -0.3 is 14.7 Å². The number of ether oxygens (including phenoxy) is 1. The van der Waals surface area contributed by atoms with Gasteiger partial charge in [-0.05, 0) is 12.8 Å². The summed E-state index contributed by atoms with van der Waals surface area (Å²) in [4.78, 5) is 23.6. The number of unbranched alkanes of at least 4 members (excludes halogenated alkanes) is 7. The van der Waals surface area contributed by atoms with Gasteiger partial charge in [0.1, 0.15) is 0 Å². The number of amides is 1. The molecule has 0 unspecified atom stereocenters. The second-order valence-electron chi connectivity index (χ2n) is 6.72. The third kappa shape index (κ3) is 17.9. The van der Waals surface area contributed by atoms with Crippen molar-refractivity contribution in [2.45, 2.75) is 64.7 Å². The van der Waals surface area contributed by atoms with Gasteiger partial charge in [-0.1, -0.05) is 51.9 Å². The average molecular weight is 422 g/mol. The molecule has 0 spiro atoms. The molecule has 0 aromatic rings.